The van der Waals surface area contributed by atoms with E-state index in [-0.39, 0.29) is 0 Å². The topological polar surface area (TPSA) is 63.3 Å². The first-order valence-electron chi connectivity index (χ1n) is 3.52. The fraction of sp³-hybridized carbons (Fsp3) is 0.857. The summed E-state index contributed by atoms with van der Waals surface area (Å²) in [6, 6.07) is -0.731. The molecule has 1 fully saturated rings. The number of carboxylic acid groups (broad SMARTS) is 1. The molecule has 0 aromatic rings. The van der Waals surface area contributed by atoms with Crippen molar-refractivity contribution in [1.82, 2.24) is 0 Å². The molecule has 0 aliphatic heterocycles. The number of rotatable bonds is 1. The highest BCUT2D eigenvalue weighted by atomic mass is 16.4. The SMILES string of the molecule is CC(N)C(=O)O.CC1CC1. The Kier molecular flexibility index (Phi) is 4.03. The van der Waals surface area contributed by atoms with Crippen LogP contribution in [0.3, 0.4) is 0 Å². The molecule has 3 nitrogen and oxygen atoms in total. The van der Waals surface area contributed by atoms with E-state index < -0.39 is 12.0 Å². The number of aliphatic carboxylic acids is 1. The van der Waals surface area contributed by atoms with Gasteiger partial charge < -0.3 is 10.8 Å². The Morgan fingerprint density at radius 2 is 1.90 bits per heavy atom. The van der Waals surface area contributed by atoms with Crippen molar-refractivity contribution in [3.05, 3.63) is 0 Å². The third-order valence-corrected chi connectivity index (χ3v) is 1.26. The average Bonchev–Trinajstić information content (AvgIpc) is 2.52. The summed E-state index contributed by atoms with van der Waals surface area (Å²) in [6.07, 6.45) is 2.97. The number of hydrogen-bond acceptors (Lipinski definition) is 2. The molecular weight excluding hydrogens is 130 g/mol. The van der Waals surface area contributed by atoms with Crippen molar-refractivity contribution in [2.24, 2.45) is 11.7 Å². The third kappa shape index (κ3) is 7.43. The van der Waals surface area contributed by atoms with Crippen molar-refractivity contribution in [3.63, 3.8) is 0 Å². The van der Waals surface area contributed by atoms with Gasteiger partial charge in [-0.1, -0.05) is 19.8 Å². The van der Waals surface area contributed by atoms with Gasteiger partial charge in [0.25, 0.3) is 0 Å². The van der Waals surface area contributed by atoms with E-state index in [2.05, 4.69) is 6.92 Å². The lowest BCUT2D eigenvalue weighted by Crippen LogP contribution is -2.25. The fourth-order valence-corrected chi connectivity index (χ4v) is 0.167. The highest BCUT2D eigenvalue weighted by Crippen LogP contribution is 2.26. The molecule has 1 aliphatic carbocycles. The summed E-state index contributed by atoms with van der Waals surface area (Å²) in [5.41, 5.74) is 4.84. The molecule has 3 heteroatoms. The molecule has 0 heterocycles. The van der Waals surface area contributed by atoms with Crippen molar-refractivity contribution < 1.29 is 9.90 Å². The van der Waals surface area contributed by atoms with E-state index in [1.165, 1.54) is 19.8 Å². The Labute approximate surface area is 61.2 Å². The highest BCUT2D eigenvalue weighted by Gasteiger charge is 2.12. The predicted molar refractivity (Wildman–Crippen MR) is 39.7 cm³/mol. The lowest BCUT2D eigenvalue weighted by atomic mass is 10.4. The van der Waals surface area contributed by atoms with Gasteiger partial charge in [0.05, 0.1) is 0 Å². The van der Waals surface area contributed by atoms with Crippen LogP contribution in [0.1, 0.15) is 26.7 Å². The molecule has 1 saturated carbocycles. The van der Waals surface area contributed by atoms with Crippen LogP contribution in [0.15, 0.2) is 0 Å². The van der Waals surface area contributed by atoms with Gasteiger partial charge in [-0.05, 0) is 12.8 Å². The summed E-state index contributed by atoms with van der Waals surface area (Å²) >= 11 is 0. The smallest absolute Gasteiger partial charge is 0.320 e. The van der Waals surface area contributed by atoms with E-state index in [1.54, 1.807) is 0 Å². The van der Waals surface area contributed by atoms with Gasteiger partial charge in [-0.15, -0.1) is 0 Å². The third-order valence-electron chi connectivity index (χ3n) is 1.26. The van der Waals surface area contributed by atoms with Gasteiger partial charge in [0.15, 0.2) is 0 Å². The zero-order valence-corrected chi connectivity index (χ0v) is 6.50. The first-order valence-corrected chi connectivity index (χ1v) is 3.52. The minimum atomic E-state index is -0.963. The molecule has 0 saturated heterocycles. The maximum Gasteiger partial charge on any atom is 0.320 e. The Hall–Kier alpha value is -0.570. The first kappa shape index (κ1) is 9.43. The van der Waals surface area contributed by atoms with Crippen molar-refractivity contribution in [3.8, 4) is 0 Å². The van der Waals surface area contributed by atoms with Gasteiger partial charge in [-0.2, -0.15) is 0 Å². The first-order chi connectivity index (χ1) is 4.54. The molecule has 0 aromatic heterocycles. The van der Waals surface area contributed by atoms with Crippen LogP contribution < -0.4 is 5.73 Å². The van der Waals surface area contributed by atoms with E-state index in [0.29, 0.717) is 0 Å². The molecule has 0 aromatic carbocycles. The van der Waals surface area contributed by atoms with Crippen molar-refractivity contribution in [2.75, 3.05) is 0 Å². The van der Waals surface area contributed by atoms with Gasteiger partial charge in [0, 0.05) is 0 Å². The van der Waals surface area contributed by atoms with E-state index in [1.807, 2.05) is 0 Å². The Morgan fingerprint density at radius 3 is 1.90 bits per heavy atom. The summed E-state index contributed by atoms with van der Waals surface area (Å²) in [6.45, 7) is 3.70. The zero-order chi connectivity index (χ0) is 8.15. The lowest BCUT2D eigenvalue weighted by molar-refractivity contribution is -0.138. The van der Waals surface area contributed by atoms with Gasteiger partial charge in [-0.3, -0.25) is 4.79 Å². The normalized spacial score (nSPS) is 18.7. The molecule has 1 rings (SSSR count). The van der Waals surface area contributed by atoms with Crippen LogP contribution in [0, 0.1) is 5.92 Å². The second kappa shape index (κ2) is 4.28. The second-order valence-electron chi connectivity index (χ2n) is 2.81. The van der Waals surface area contributed by atoms with Gasteiger partial charge >= 0.3 is 5.97 Å². The number of hydrogen-bond donors (Lipinski definition) is 2. The summed E-state index contributed by atoms with van der Waals surface area (Å²) in [5.74, 6) is 0.120. The zero-order valence-electron chi connectivity index (χ0n) is 6.50. The monoisotopic (exact) mass is 145 g/mol. The Bertz CT molecular complexity index is 108. The highest BCUT2D eigenvalue weighted by molar-refractivity contribution is 5.72. The van der Waals surface area contributed by atoms with Crippen LogP contribution in [-0.4, -0.2) is 17.1 Å². The van der Waals surface area contributed by atoms with E-state index in [4.69, 9.17) is 10.8 Å². The minimum absolute atomic E-state index is 0.731. The van der Waals surface area contributed by atoms with Crippen LogP contribution in [0.25, 0.3) is 0 Å². The van der Waals surface area contributed by atoms with Gasteiger partial charge in [0.1, 0.15) is 6.04 Å². The molecule has 10 heavy (non-hydrogen) atoms. The van der Waals surface area contributed by atoms with Gasteiger partial charge in [0.2, 0.25) is 0 Å². The van der Waals surface area contributed by atoms with E-state index in [0.717, 1.165) is 5.92 Å². The Morgan fingerprint density at radius 1 is 1.70 bits per heavy atom. The van der Waals surface area contributed by atoms with Crippen LogP contribution in [0.5, 0.6) is 0 Å². The van der Waals surface area contributed by atoms with E-state index >= 15 is 0 Å². The van der Waals surface area contributed by atoms with Crippen LogP contribution >= 0.6 is 0 Å². The molecule has 0 amide bonds. The fourth-order valence-electron chi connectivity index (χ4n) is 0.167. The minimum Gasteiger partial charge on any atom is -0.480 e. The number of carboxylic acids is 1. The van der Waals surface area contributed by atoms with Crippen molar-refractivity contribution in [1.29, 1.82) is 0 Å². The molecule has 3 N–H and O–H groups in total. The average molecular weight is 145 g/mol. The largest absolute Gasteiger partial charge is 0.480 e. The standard InChI is InChI=1S/C4H8.C3H7NO2/c1-4-2-3-4;1-2(4)3(5)6/h4H,2-3H2,1H3;2H,4H2,1H3,(H,5,6). The molecule has 0 bridgehead atoms. The van der Waals surface area contributed by atoms with Crippen molar-refractivity contribution in [2.45, 2.75) is 32.7 Å². The van der Waals surface area contributed by atoms with Gasteiger partial charge in [-0.25, -0.2) is 0 Å². The molecule has 0 radical (unpaired) electrons. The summed E-state index contributed by atoms with van der Waals surface area (Å²) in [5, 5.41) is 7.87. The predicted octanol–water partition coefficient (Wildman–Crippen LogP) is 0.834. The molecule has 0 spiro atoms. The molecular formula is C7H15NO2. The second-order valence-corrected chi connectivity index (χ2v) is 2.81. The summed E-state index contributed by atoms with van der Waals surface area (Å²) in [7, 11) is 0. The number of carbonyl (C=O) groups is 1. The lowest BCUT2D eigenvalue weighted by Gasteiger charge is -1.90. The maximum atomic E-state index is 9.57. The summed E-state index contributed by atoms with van der Waals surface area (Å²) in [4.78, 5) is 9.57. The molecule has 1 aliphatic rings. The molecule has 1 unspecified atom stereocenters. The van der Waals surface area contributed by atoms with Crippen LogP contribution in [-0.2, 0) is 4.79 Å². The number of nitrogens with two attached hydrogens (primary N) is 1. The van der Waals surface area contributed by atoms with Crippen LogP contribution in [0.2, 0.25) is 0 Å². The quantitative estimate of drug-likeness (QED) is 0.574. The molecule has 1 atom stereocenters. The van der Waals surface area contributed by atoms with E-state index in [9.17, 15) is 4.79 Å². The Balaban J connectivity index is 0.000000172. The van der Waals surface area contributed by atoms with Crippen LogP contribution in [0.4, 0.5) is 0 Å². The maximum absolute atomic E-state index is 9.57. The summed E-state index contributed by atoms with van der Waals surface area (Å²) < 4.78 is 0. The van der Waals surface area contributed by atoms with Crippen molar-refractivity contribution >= 4 is 5.97 Å². The molecule has 60 valence electrons.